The van der Waals surface area contributed by atoms with Gasteiger partial charge >= 0.3 is 0 Å². The Labute approximate surface area is 198 Å². The Morgan fingerprint density at radius 1 is 1.15 bits per heavy atom. The maximum atomic E-state index is 13.0. The van der Waals surface area contributed by atoms with Crippen LogP contribution in [0.4, 0.5) is 0 Å². The Morgan fingerprint density at radius 2 is 1.97 bits per heavy atom. The fraction of sp³-hybridized carbons (Fsp3) is 0.333. The Morgan fingerprint density at radius 3 is 2.71 bits per heavy atom. The Kier molecular flexibility index (Phi) is 6.11. The van der Waals surface area contributed by atoms with Gasteiger partial charge in [0.2, 0.25) is 0 Å². The third kappa shape index (κ3) is 4.43. The summed E-state index contributed by atoms with van der Waals surface area (Å²) in [5, 5.41) is 18.3. The molecule has 174 valence electrons. The second-order valence-electron chi connectivity index (χ2n) is 9.04. The van der Waals surface area contributed by atoms with E-state index in [-0.39, 0.29) is 11.9 Å². The number of aryl methyl sites for hydroxylation is 2. The molecule has 1 saturated carbocycles. The number of hydrogen-bond donors (Lipinski definition) is 2. The normalized spacial score (nSPS) is 18.2. The van der Waals surface area contributed by atoms with E-state index in [1.807, 2.05) is 62.5 Å². The minimum Gasteiger partial charge on any atom is -0.391 e. The minimum absolute atomic E-state index is 0.223. The third-order valence-corrected chi connectivity index (χ3v) is 6.59. The number of benzene rings is 1. The molecular formula is C27H28N4O3. The fourth-order valence-electron chi connectivity index (χ4n) is 4.78. The number of para-hydroxylation sites is 1. The third-order valence-electron chi connectivity index (χ3n) is 6.59. The van der Waals surface area contributed by atoms with Gasteiger partial charge < -0.3 is 14.9 Å². The number of aliphatic hydroxyl groups excluding tert-OH is 1. The molecular weight excluding hydrogens is 428 g/mol. The van der Waals surface area contributed by atoms with Gasteiger partial charge in [-0.05, 0) is 62.4 Å². The molecule has 0 aliphatic heterocycles. The van der Waals surface area contributed by atoms with Crippen molar-refractivity contribution >= 4 is 16.8 Å². The number of amides is 1. The smallest absolute Gasteiger partial charge is 0.270 e. The molecule has 2 atom stereocenters. The molecule has 1 aromatic carbocycles. The molecule has 5 rings (SSSR count). The lowest BCUT2D eigenvalue weighted by Gasteiger charge is -2.28. The Bertz CT molecular complexity index is 1310. The van der Waals surface area contributed by atoms with Crippen molar-refractivity contribution in [1.82, 2.24) is 20.4 Å². The van der Waals surface area contributed by atoms with E-state index < -0.39 is 6.10 Å². The van der Waals surface area contributed by atoms with Crippen LogP contribution < -0.4 is 5.32 Å². The van der Waals surface area contributed by atoms with Crippen LogP contribution in [0.1, 0.15) is 58.8 Å². The number of aliphatic hydroxyl groups is 1. The first-order chi connectivity index (χ1) is 16.5. The van der Waals surface area contributed by atoms with Gasteiger partial charge in [-0.1, -0.05) is 42.3 Å². The van der Waals surface area contributed by atoms with E-state index in [4.69, 9.17) is 4.52 Å². The number of carbonyl (C=O) groups excluding carboxylic acids is 1. The van der Waals surface area contributed by atoms with Crippen LogP contribution in [-0.2, 0) is 6.42 Å². The standard InChI is InChI=1S/C27H28N4O3/c1-16-26(17(2)34-31-16)23-12-11-18(15-28-23)13-19-14-24(29-21-8-4-3-7-20(19)21)27(33)30-22-9-5-6-10-25(22)32/h3-4,7-8,11-12,14-15,22,25,32H,5-6,9-10,13H2,1-2H3,(H,30,33)/t22-,25-/m0/s1. The van der Waals surface area contributed by atoms with E-state index in [1.165, 1.54) is 0 Å². The van der Waals surface area contributed by atoms with Crippen LogP contribution in [0.15, 0.2) is 53.2 Å². The summed E-state index contributed by atoms with van der Waals surface area (Å²) < 4.78 is 5.27. The van der Waals surface area contributed by atoms with Crippen molar-refractivity contribution in [1.29, 1.82) is 0 Å². The van der Waals surface area contributed by atoms with Crippen LogP contribution in [0.5, 0.6) is 0 Å². The highest BCUT2D eigenvalue weighted by Crippen LogP contribution is 2.27. The van der Waals surface area contributed by atoms with E-state index in [0.29, 0.717) is 12.1 Å². The molecule has 1 aliphatic carbocycles. The summed E-state index contributed by atoms with van der Waals surface area (Å²) in [5.41, 5.74) is 5.74. The van der Waals surface area contributed by atoms with Crippen LogP contribution in [0.2, 0.25) is 0 Å². The molecule has 0 unspecified atom stereocenters. The molecule has 2 N–H and O–H groups in total. The zero-order chi connectivity index (χ0) is 23.7. The molecule has 3 aromatic heterocycles. The van der Waals surface area contributed by atoms with Crippen molar-refractivity contribution in [2.75, 3.05) is 0 Å². The van der Waals surface area contributed by atoms with Crippen molar-refractivity contribution in [3.63, 3.8) is 0 Å². The predicted molar refractivity (Wildman–Crippen MR) is 129 cm³/mol. The van der Waals surface area contributed by atoms with Crippen molar-refractivity contribution in [3.05, 3.63) is 76.9 Å². The van der Waals surface area contributed by atoms with Crippen molar-refractivity contribution in [2.24, 2.45) is 0 Å². The van der Waals surface area contributed by atoms with Gasteiger partial charge in [0, 0.05) is 11.6 Å². The van der Waals surface area contributed by atoms with Crippen LogP contribution in [0.25, 0.3) is 22.2 Å². The maximum Gasteiger partial charge on any atom is 0.270 e. The lowest BCUT2D eigenvalue weighted by Crippen LogP contribution is -2.45. The van der Waals surface area contributed by atoms with Gasteiger partial charge in [0.1, 0.15) is 11.5 Å². The van der Waals surface area contributed by atoms with Gasteiger partial charge in [0.25, 0.3) is 5.91 Å². The summed E-state index contributed by atoms with van der Waals surface area (Å²) in [6, 6.07) is 13.5. The highest BCUT2D eigenvalue weighted by Gasteiger charge is 2.25. The molecule has 4 aromatic rings. The van der Waals surface area contributed by atoms with E-state index in [0.717, 1.165) is 70.4 Å². The van der Waals surface area contributed by atoms with Gasteiger partial charge in [-0.3, -0.25) is 9.78 Å². The zero-order valence-corrected chi connectivity index (χ0v) is 19.4. The van der Waals surface area contributed by atoms with Crippen molar-refractivity contribution in [3.8, 4) is 11.3 Å². The second kappa shape index (κ2) is 9.35. The molecule has 7 heteroatoms. The first kappa shape index (κ1) is 22.2. The van der Waals surface area contributed by atoms with Gasteiger partial charge in [0.05, 0.1) is 34.6 Å². The molecule has 0 spiro atoms. The highest BCUT2D eigenvalue weighted by molar-refractivity contribution is 5.96. The Balaban J connectivity index is 1.43. The maximum absolute atomic E-state index is 13.0. The number of nitrogens with one attached hydrogen (secondary N) is 1. The highest BCUT2D eigenvalue weighted by atomic mass is 16.5. The molecule has 3 heterocycles. The summed E-state index contributed by atoms with van der Waals surface area (Å²) in [6.45, 7) is 3.79. The number of nitrogens with zero attached hydrogens (tertiary/aromatic N) is 3. The van der Waals surface area contributed by atoms with E-state index in [2.05, 4.69) is 20.4 Å². The molecule has 0 radical (unpaired) electrons. The van der Waals surface area contributed by atoms with Gasteiger partial charge in [0.15, 0.2) is 0 Å². The minimum atomic E-state index is -0.500. The molecule has 1 fully saturated rings. The average molecular weight is 457 g/mol. The molecule has 0 saturated heterocycles. The van der Waals surface area contributed by atoms with E-state index >= 15 is 0 Å². The number of fused-ring (bicyclic) bond motifs is 1. The second-order valence-corrected chi connectivity index (χ2v) is 9.04. The lowest BCUT2D eigenvalue weighted by atomic mass is 9.92. The largest absolute Gasteiger partial charge is 0.391 e. The van der Waals surface area contributed by atoms with E-state index in [1.54, 1.807) is 0 Å². The molecule has 1 aliphatic rings. The molecule has 7 nitrogen and oxygen atoms in total. The topological polar surface area (TPSA) is 101 Å². The molecule has 0 bridgehead atoms. The SMILES string of the molecule is Cc1noc(C)c1-c1ccc(Cc2cc(C(=O)N[C@H]3CCCC[C@@H]3O)nc3ccccc23)cn1. The van der Waals surface area contributed by atoms with E-state index in [9.17, 15) is 9.90 Å². The lowest BCUT2D eigenvalue weighted by molar-refractivity contribution is 0.0714. The summed E-state index contributed by atoms with van der Waals surface area (Å²) in [4.78, 5) is 22.3. The number of carbonyl (C=O) groups is 1. The number of pyridine rings is 2. The van der Waals surface area contributed by atoms with Gasteiger partial charge in [-0.25, -0.2) is 4.98 Å². The van der Waals surface area contributed by atoms with Crippen LogP contribution in [0, 0.1) is 13.8 Å². The predicted octanol–water partition coefficient (Wildman–Crippen LogP) is 4.53. The average Bonchev–Trinajstić information content (AvgIpc) is 3.18. The fourth-order valence-corrected chi connectivity index (χ4v) is 4.78. The Hall–Kier alpha value is -3.58. The van der Waals surface area contributed by atoms with Gasteiger partial charge in [-0.2, -0.15) is 0 Å². The van der Waals surface area contributed by atoms with Crippen molar-refractivity contribution in [2.45, 2.75) is 58.1 Å². The van der Waals surface area contributed by atoms with Crippen LogP contribution >= 0.6 is 0 Å². The summed E-state index contributed by atoms with van der Waals surface area (Å²) in [7, 11) is 0. The summed E-state index contributed by atoms with van der Waals surface area (Å²) in [5.74, 6) is 0.501. The first-order valence-corrected chi connectivity index (χ1v) is 11.8. The van der Waals surface area contributed by atoms with Crippen molar-refractivity contribution < 1.29 is 14.4 Å². The first-order valence-electron chi connectivity index (χ1n) is 11.8. The van der Waals surface area contributed by atoms with Crippen LogP contribution in [-0.4, -0.2) is 38.3 Å². The van der Waals surface area contributed by atoms with Gasteiger partial charge in [-0.15, -0.1) is 0 Å². The summed E-state index contributed by atoms with van der Waals surface area (Å²) in [6.07, 6.45) is 5.48. The monoisotopic (exact) mass is 456 g/mol. The number of aromatic nitrogens is 3. The number of rotatable bonds is 5. The number of hydrogen-bond acceptors (Lipinski definition) is 6. The molecule has 34 heavy (non-hydrogen) atoms. The zero-order valence-electron chi connectivity index (χ0n) is 19.4. The quantitative estimate of drug-likeness (QED) is 0.458. The summed E-state index contributed by atoms with van der Waals surface area (Å²) >= 11 is 0. The molecule has 1 amide bonds. The van der Waals surface area contributed by atoms with Crippen LogP contribution in [0.3, 0.4) is 0 Å².